The van der Waals surface area contributed by atoms with Gasteiger partial charge in [-0.05, 0) is 42.6 Å². The molecule has 3 aromatic rings. The number of hydrogen-bond acceptors (Lipinski definition) is 5. The predicted molar refractivity (Wildman–Crippen MR) is 97.8 cm³/mol. The van der Waals surface area contributed by atoms with Crippen LogP contribution in [0.3, 0.4) is 0 Å². The predicted octanol–water partition coefficient (Wildman–Crippen LogP) is 5.23. The fourth-order valence-electron chi connectivity index (χ4n) is 2.34. The lowest BCUT2D eigenvalue weighted by molar-refractivity contribution is 0.415. The molecular formula is C17H18ClN3OS. The number of ether oxygens (including phenoxy) is 1. The number of hydrogen-bond donors (Lipinski definition) is 1. The molecule has 1 unspecified atom stereocenters. The van der Waals surface area contributed by atoms with Crippen LogP contribution in [0.4, 0.5) is 5.82 Å². The van der Waals surface area contributed by atoms with Crippen LogP contribution in [0.5, 0.6) is 5.75 Å². The Kier molecular flexibility index (Phi) is 4.68. The van der Waals surface area contributed by atoms with Gasteiger partial charge in [0.25, 0.3) is 0 Å². The number of benzene rings is 1. The van der Waals surface area contributed by atoms with E-state index in [1.165, 1.54) is 0 Å². The molecule has 4 nitrogen and oxygen atoms in total. The summed E-state index contributed by atoms with van der Waals surface area (Å²) in [6.07, 6.45) is 1.01. The first-order valence-corrected chi connectivity index (χ1v) is 8.73. The minimum absolute atomic E-state index is 0.270. The third-order valence-corrected chi connectivity index (χ3v) is 4.84. The molecule has 23 heavy (non-hydrogen) atoms. The summed E-state index contributed by atoms with van der Waals surface area (Å²) in [5, 5.41) is 6.83. The molecule has 0 spiro atoms. The molecule has 0 fully saturated rings. The van der Waals surface area contributed by atoms with E-state index < -0.39 is 0 Å². The Labute approximate surface area is 144 Å². The van der Waals surface area contributed by atoms with Gasteiger partial charge in [-0.3, -0.25) is 0 Å². The van der Waals surface area contributed by atoms with Crippen molar-refractivity contribution in [3.63, 3.8) is 0 Å². The Balaban J connectivity index is 2.13. The molecule has 3 rings (SSSR count). The largest absolute Gasteiger partial charge is 0.497 e. The van der Waals surface area contributed by atoms with Gasteiger partial charge in [0.2, 0.25) is 5.28 Å². The third-order valence-electron chi connectivity index (χ3n) is 3.80. The van der Waals surface area contributed by atoms with Crippen LogP contribution < -0.4 is 10.1 Å². The number of anilines is 1. The Morgan fingerprint density at radius 3 is 2.65 bits per heavy atom. The van der Waals surface area contributed by atoms with Gasteiger partial charge in [-0.2, -0.15) is 0 Å². The number of halogens is 1. The molecular weight excluding hydrogens is 330 g/mol. The van der Waals surface area contributed by atoms with Crippen LogP contribution in [0.2, 0.25) is 5.28 Å². The van der Waals surface area contributed by atoms with Crippen LogP contribution in [0.1, 0.15) is 20.3 Å². The van der Waals surface area contributed by atoms with Crippen molar-refractivity contribution in [2.24, 2.45) is 0 Å². The van der Waals surface area contributed by atoms with E-state index in [4.69, 9.17) is 16.3 Å². The van der Waals surface area contributed by atoms with Crippen LogP contribution in [0, 0.1) is 0 Å². The van der Waals surface area contributed by atoms with Gasteiger partial charge in [-0.15, -0.1) is 11.3 Å². The fourth-order valence-corrected chi connectivity index (χ4v) is 3.50. The highest BCUT2D eigenvalue weighted by Gasteiger charge is 2.16. The van der Waals surface area contributed by atoms with Crippen LogP contribution >= 0.6 is 22.9 Å². The normalized spacial score (nSPS) is 12.3. The van der Waals surface area contributed by atoms with Crippen molar-refractivity contribution in [1.82, 2.24) is 9.97 Å². The Bertz CT molecular complexity index is 817. The van der Waals surface area contributed by atoms with Gasteiger partial charge in [0.15, 0.2) is 0 Å². The van der Waals surface area contributed by atoms with Crippen molar-refractivity contribution in [3.05, 3.63) is 34.9 Å². The molecule has 2 aromatic heterocycles. The quantitative estimate of drug-likeness (QED) is 0.642. The van der Waals surface area contributed by atoms with Gasteiger partial charge >= 0.3 is 0 Å². The standard InChI is InChI=1S/C17H18ClN3OS/c1-4-10(2)19-15-14-13(9-23-16(14)21-17(18)20-15)11-5-7-12(22-3)8-6-11/h5-10H,4H2,1-3H3,(H,19,20,21). The Morgan fingerprint density at radius 1 is 1.26 bits per heavy atom. The van der Waals surface area contributed by atoms with Gasteiger partial charge in [-0.1, -0.05) is 19.1 Å². The first-order valence-electron chi connectivity index (χ1n) is 7.48. The fraction of sp³-hybridized carbons (Fsp3) is 0.294. The van der Waals surface area contributed by atoms with Crippen LogP contribution in [0.15, 0.2) is 29.6 Å². The van der Waals surface area contributed by atoms with Crippen molar-refractivity contribution in [2.45, 2.75) is 26.3 Å². The second-order valence-electron chi connectivity index (χ2n) is 5.35. The van der Waals surface area contributed by atoms with Crippen molar-refractivity contribution in [1.29, 1.82) is 0 Å². The molecule has 6 heteroatoms. The van der Waals surface area contributed by atoms with E-state index >= 15 is 0 Å². The van der Waals surface area contributed by atoms with E-state index in [0.717, 1.165) is 39.3 Å². The van der Waals surface area contributed by atoms with Gasteiger partial charge in [0, 0.05) is 17.0 Å². The number of methoxy groups -OCH3 is 1. The Hall–Kier alpha value is -1.85. The van der Waals surface area contributed by atoms with Crippen molar-refractivity contribution in [3.8, 4) is 16.9 Å². The summed E-state index contributed by atoms with van der Waals surface area (Å²) < 4.78 is 5.23. The second-order valence-corrected chi connectivity index (χ2v) is 6.55. The summed E-state index contributed by atoms with van der Waals surface area (Å²) in [5.74, 6) is 1.63. The molecule has 0 saturated carbocycles. The smallest absolute Gasteiger partial charge is 0.225 e. The van der Waals surface area contributed by atoms with Crippen molar-refractivity contribution in [2.75, 3.05) is 12.4 Å². The highest BCUT2D eigenvalue weighted by Crippen LogP contribution is 2.38. The van der Waals surface area contributed by atoms with E-state index in [1.807, 2.05) is 24.3 Å². The highest BCUT2D eigenvalue weighted by atomic mass is 35.5. The van der Waals surface area contributed by atoms with Crippen LogP contribution in [-0.4, -0.2) is 23.1 Å². The molecule has 0 aliphatic carbocycles. The lowest BCUT2D eigenvalue weighted by Gasteiger charge is -2.14. The molecule has 1 aromatic carbocycles. The number of aromatic nitrogens is 2. The van der Waals surface area contributed by atoms with Gasteiger partial charge in [0.05, 0.1) is 12.5 Å². The summed E-state index contributed by atoms with van der Waals surface area (Å²) in [7, 11) is 1.67. The summed E-state index contributed by atoms with van der Waals surface area (Å²) >= 11 is 7.65. The van der Waals surface area contributed by atoms with Gasteiger partial charge < -0.3 is 10.1 Å². The van der Waals surface area contributed by atoms with Crippen molar-refractivity contribution < 1.29 is 4.74 Å². The zero-order valence-corrected chi connectivity index (χ0v) is 14.8. The summed E-state index contributed by atoms with van der Waals surface area (Å²) in [6.45, 7) is 4.26. The van der Waals surface area contributed by atoms with E-state index in [2.05, 4.69) is 34.5 Å². The molecule has 0 radical (unpaired) electrons. The second kappa shape index (κ2) is 6.72. The van der Waals surface area contributed by atoms with Crippen LogP contribution in [0.25, 0.3) is 21.3 Å². The van der Waals surface area contributed by atoms with Gasteiger partial charge in [0.1, 0.15) is 16.4 Å². The van der Waals surface area contributed by atoms with Crippen LogP contribution in [-0.2, 0) is 0 Å². The number of fused-ring (bicyclic) bond motifs is 1. The lowest BCUT2D eigenvalue weighted by atomic mass is 10.1. The maximum absolute atomic E-state index is 6.07. The maximum Gasteiger partial charge on any atom is 0.225 e. The van der Waals surface area contributed by atoms with E-state index in [9.17, 15) is 0 Å². The van der Waals surface area contributed by atoms with Gasteiger partial charge in [-0.25, -0.2) is 9.97 Å². The summed E-state index contributed by atoms with van der Waals surface area (Å²) in [4.78, 5) is 9.65. The Morgan fingerprint density at radius 2 is 2.00 bits per heavy atom. The summed E-state index contributed by atoms with van der Waals surface area (Å²) in [5.41, 5.74) is 2.21. The molecule has 0 amide bonds. The first kappa shape index (κ1) is 16.0. The highest BCUT2D eigenvalue weighted by molar-refractivity contribution is 7.17. The minimum atomic E-state index is 0.270. The average molecular weight is 348 g/mol. The topological polar surface area (TPSA) is 47.0 Å². The molecule has 2 heterocycles. The number of nitrogens with zero attached hydrogens (tertiary/aromatic N) is 2. The maximum atomic E-state index is 6.07. The van der Waals surface area contributed by atoms with E-state index in [1.54, 1.807) is 18.4 Å². The van der Waals surface area contributed by atoms with Crippen molar-refractivity contribution >= 4 is 39.0 Å². The third kappa shape index (κ3) is 3.26. The first-order chi connectivity index (χ1) is 11.1. The minimum Gasteiger partial charge on any atom is -0.497 e. The molecule has 0 aliphatic heterocycles. The average Bonchev–Trinajstić information content (AvgIpc) is 2.98. The summed E-state index contributed by atoms with van der Waals surface area (Å²) in [6, 6.07) is 8.31. The van der Waals surface area contributed by atoms with E-state index in [-0.39, 0.29) is 5.28 Å². The number of thiophene rings is 1. The molecule has 120 valence electrons. The zero-order chi connectivity index (χ0) is 16.4. The molecule has 1 N–H and O–H groups in total. The number of rotatable bonds is 5. The van der Waals surface area contributed by atoms with E-state index in [0.29, 0.717) is 6.04 Å². The zero-order valence-electron chi connectivity index (χ0n) is 13.3. The SMILES string of the molecule is CCC(C)Nc1nc(Cl)nc2scc(-c3ccc(OC)cc3)c12. The molecule has 1 atom stereocenters. The monoisotopic (exact) mass is 347 g/mol. The lowest BCUT2D eigenvalue weighted by Crippen LogP contribution is -2.15. The molecule has 0 bridgehead atoms. The number of nitrogens with one attached hydrogen (secondary N) is 1. The molecule has 0 saturated heterocycles. The molecule has 0 aliphatic rings.